The largest absolute Gasteiger partial charge is 0.756 e. The average molecular weight is 586 g/mol. The molecule has 3 unspecified atom stereocenters. The van der Waals surface area contributed by atoms with E-state index in [-0.39, 0.29) is 36.7 Å². The number of methoxy groups -OCH3 is 1. The van der Waals surface area contributed by atoms with Crippen LogP contribution in [0.1, 0.15) is 116 Å². The van der Waals surface area contributed by atoms with E-state index in [1.165, 1.54) is 90.6 Å². The zero-order valence-electron chi connectivity index (χ0n) is 25.2. The van der Waals surface area contributed by atoms with E-state index >= 15 is 0 Å². The summed E-state index contributed by atoms with van der Waals surface area (Å²) in [4.78, 5) is 20.0. The van der Waals surface area contributed by atoms with Crippen molar-refractivity contribution in [3.05, 3.63) is 0 Å². The summed E-state index contributed by atoms with van der Waals surface area (Å²) in [5.74, 6) is -0.102. The fraction of sp³-hybridized carbons (Fsp3) is 1.00. The van der Waals surface area contributed by atoms with Crippen LogP contribution in [0.5, 0.6) is 0 Å². The summed E-state index contributed by atoms with van der Waals surface area (Å²) >= 11 is 0. The van der Waals surface area contributed by atoms with Crippen molar-refractivity contribution in [1.29, 1.82) is 0 Å². The van der Waals surface area contributed by atoms with Crippen LogP contribution in [0, 0.1) is 5.92 Å². The zero-order chi connectivity index (χ0) is 28.9. The van der Waals surface area contributed by atoms with Gasteiger partial charge < -0.3 is 23.5 Å². The van der Waals surface area contributed by atoms with Crippen molar-refractivity contribution >= 4 is 17.7 Å². The second-order valence-corrected chi connectivity index (χ2v) is 15.4. The van der Waals surface area contributed by atoms with Crippen LogP contribution >= 0.6 is 7.82 Å². The number of nitrogens with zero attached hydrogens (tertiary/aromatic N) is 1. The van der Waals surface area contributed by atoms with Gasteiger partial charge in [0.25, 0.3) is 7.82 Å². The van der Waals surface area contributed by atoms with E-state index in [9.17, 15) is 17.9 Å². The Kier molecular flexibility index (Phi) is 21.7. The van der Waals surface area contributed by atoms with E-state index in [2.05, 4.69) is 11.4 Å². The maximum atomic E-state index is 12.8. The third-order valence-corrected chi connectivity index (χ3v) is 9.70. The first-order valence-electron chi connectivity index (χ1n) is 15.0. The lowest BCUT2D eigenvalue weighted by Gasteiger charge is -2.36. The fourth-order valence-corrected chi connectivity index (χ4v) is 7.03. The predicted octanol–water partition coefficient (Wildman–Crippen LogP) is 5.87. The van der Waals surface area contributed by atoms with Gasteiger partial charge in [-0.2, -0.15) is 0 Å². The molecular formula is C28H60NO7PS. The molecule has 10 heteroatoms. The lowest BCUT2D eigenvalue weighted by Crippen LogP contribution is -2.49. The average Bonchev–Trinajstić information content (AvgIpc) is 2.80. The lowest BCUT2D eigenvalue weighted by atomic mass is 10.0. The quantitative estimate of drug-likeness (QED) is 0.0729. The van der Waals surface area contributed by atoms with Crippen LogP contribution in [0.4, 0.5) is 0 Å². The Morgan fingerprint density at radius 1 is 0.789 bits per heavy atom. The molecule has 0 bridgehead atoms. The minimum Gasteiger partial charge on any atom is -0.756 e. The van der Waals surface area contributed by atoms with Crippen LogP contribution in [-0.4, -0.2) is 76.8 Å². The molecule has 0 saturated carbocycles. The first-order valence-corrected chi connectivity index (χ1v) is 18.3. The molecule has 3 atom stereocenters. The van der Waals surface area contributed by atoms with Crippen molar-refractivity contribution in [1.82, 2.24) is 0 Å². The number of sulfone groups is 1. The molecule has 0 aliphatic heterocycles. The van der Waals surface area contributed by atoms with Gasteiger partial charge in [-0.1, -0.05) is 103 Å². The van der Waals surface area contributed by atoms with Gasteiger partial charge in [0.2, 0.25) is 0 Å². The van der Waals surface area contributed by atoms with Crippen LogP contribution in [-0.2, 0) is 23.7 Å². The lowest BCUT2D eigenvalue weighted by molar-refractivity contribution is -0.897. The van der Waals surface area contributed by atoms with Crippen molar-refractivity contribution in [2.75, 3.05) is 53.0 Å². The molecule has 0 saturated heterocycles. The molecule has 0 amide bonds. The first-order chi connectivity index (χ1) is 17.8. The van der Waals surface area contributed by atoms with E-state index < -0.39 is 17.7 Å². The Morgan fingerprint density at radius 2 is 1.21 bits per heavy atom. The molecule has 0 spiro atoms. The monoisotopic (exact) mass is 585 g/mol. The van der Waals surface area contributed by atoms with Gasteiger partial charge in [-0.05, 0) is 6.42 Å². The van der Waals surface area contributed by atoms with Crippen LogP contribution < -0.4 is 4.89 Å². The third-order valence-electron chi connectivity index (χ3n) is 7.33. The number of hydrogen-bond donors (Lipinski definition) is 1. The van der Waals surface area contributed by atoms with Crippen LogP contribution in [0.2, 0.25) is 0 Å². The zero-order valence-corrected chi connectivity index (χ0v) is 26.9. The van der Waals surface area contributed by atoms with Crippen molar-refractivity contribution < 1.29 is 36.5 Å². The summed E-state index contributed by atoms with van der Waals surface area (Å²) in [5, 5.41) is 0. The van der Waals surface area contributed by atoms with Gasteiger partial charge in [-0.3, -0.25) is 4.57 Å². The Labute approximate surface area is 235 Å². The normalized spacial score (nSPS) is 15.9. The molecule has 0 aromatic carbocycles. The van der Waals surface area contributed by atoms with Gasteiger partial charge >= 0.3 is 0 Å². The smallest absolute Gasteiger partial charge is 0.265 e. The molecule has 230 valence electrons. The van der Waals surface area contributed by atoms with Gasteiger partial charge in [0.1, 0.15) is 12.6 Å². The second kappa shape index (κ2) is 21.7. The summed E-state index contributed by atoms with van der Waals surface area (Å²) in [5.41, 5.74) is 0. The highest BCUT2D eigenvalue weighted by Gasteiger charge is 2.31. The van der Waals surface area contributed by atoms with E-state index in [0.717, 1.165) is 12.8 Å². The van der Waals surface area contributed by atoms with Crippen molar-refractivity contribution in [3.8, 4) is 0 Å². The molecule has 8 nitrogen and oxygen atoms in total. The van der Waals surface area contributed by atoms with E-state index in [0.29, 0.717) is 17.3 Å². The molecule has 38 heavy (non-hydrogen) atoms. The standard InChI is InChI=1S/C28H60NO7PS/c1-6-7-8-9-10-11-12-13-14-15-16-17-18-19-20-21-22-38(33,34)26-27(24-35-5)23-28(29(2,3)4)25-36-37(30,31)32/h27-28H,6-26H2,1-5H3,(H-,30,31,32). The molecule has 0 aliphatic rings. The number of phosphoric ester groups is 1. The summed E-state index contributed by atoms with van der Waals surface area (Å²) < 4.78 is 46.9. The maximum Gasteiger partial charge on any atom is 0.265 e. The number of ether oxygens (including phenoxy) is 1. The molecule has 0 heterocycles. The van der Waals surface area contributed by atoms with Gasteiger partial charge in [0.15, 0.2) is 9.84 Å². The summed E-state index contributed by atoms with van der Waals surface area (Å²) in [6.07, 6.45) is 20.4. The first kappa shape index (κ1) is 38.0. The Morgan fingerprint density at radius 3 is 1.58 bits per heavy atom. The van der Waals surface area contributed by atoms with Crippen molar-refractivity contribution in [2.45, 2.75) is 122 Å². The Bertz CT molecular complexity index is 706. The summed E-state index contributed by atoms with van der Waals surface area (Å²) in [7, 11) is -0.902. The van der Waals surface area contributed by atoms with Crippen LogP contribution in [0.25, 0.3) is 0 Å². The number of unbranched alkanes of at least 4 members (excludes halogenated alkanes) is 15. The molecule has 1 N–H and O–H groups in total. The number of rotatable bonds is 27. The van der Waals surface area contributed by atoms with E-state index in [4.69, 9.17) is 9.63 Å². The van der Waals surface area contributed by atoms with E-state index in [1.807, 2.05) is 21.1 Å². The highest BCUT2D eigenvalue weighted by Crippen LogP contribution is 2.32. The van der Waals surface area contributed by atoms with E-state index in [1.54, 1.807) is 0 Å². The molecule has 0 fully saturated rings. The number of phosphoric acid groups is 1. The van der Waals surface area contributed by atoms with Crippen LogP contribution in [0.3, 0.4) is 0 Å². The summed E-state index contributed by atoms with van der Waals surface area (Å²) in [6.45, 7) is 2.32. The number of likely N-dealkylation sites (N-methyl/N-ethyl adjacent to an activating group) is 1. The topological polar surface area (TPSA) is 113 Å². The fourth-order valence-electron chi connectivity index (χ4n) is 4.91. The second-order valence-electron chi connectivity index (χ2n) is 12.0. The Balaban J connectivity index is 4.12. The minimum absolute atomic E-state index is 0.00421. The molecule has 0 radical (unpaired) electrons. The van der Waals surface area contributed by atoms with Gasteiger partial charge in [0.05, 0.1) is 39.3 Å². The number of hydrogen-bond acceptors (Lipinski definition) is 6. The van der Waals surface area contributed by atoms with Crippen molar-refractivity contribution in [2.24, 2.45) is 5.92 Å². The highest BCUT2D eigenvalue weighted by molar-refractivity contribution is 7.91. The van der Waals surface area contributed by atoms with Gasteiger partial charge in [-0.15, -0.1) is 0 Å². The highest BCUT2D eigenvalue weighted by atomic mass is 32.2. The molecular weight excluding hydrogens is 525 g/mol. The molecule has 0 aromatic rings. The predicted molar refractivity (Wildman–Crippen MR) is 156 cm³/mol. The molecule has 0 rings (SSSR count). The Hall–Kier alpha value is -0.0200. The third kappa shape index (κ3) is 23.8. The minimum atomic E-state index is -4.84. The maximum absolute atomic E-state index is 12.8. The summed E-state index contributed by atoms with van der Waals surface area (Å²) in [6, 6.07) is -0.310. The number of quaternary nitrogens is 1. The molecule has 0 aliphatic carbocycles. The van der Waals surface area contributed by atoms with Gasteiger partial charge in [-0.25, -0.2) is 8.42 Å². The molecule has 0 aromatic heterocycles. The van der Waals surface area contributed by atoms with Crippen molar-refractivity contribution in [3.63, 3.8) is 0 Å². The van der Waals surface area contributed by atoms with Gasteiger partial charge in [0, 0.05) is 19.4 Å². The SMILES string of the molecule is CCCCCCCCCCCCCCCCCCS(=O)(=O)CC(COC)CC(COP(=O)([O-])O)[N+](C)(C)C. The van der Waals surface area contributed by atoms with Crippen LogP contribution in [0.15, 0.2) is 0 Å².